The monoisotopic (exact) mass is 316 g/mol. The van der Waals surface area contributed by atoms with Crippen LogP contribution in [-0.4, -0.2) is 26.7 Å². The SMILES string of the molecule is Cc1nc2c(nc1C)C(=O)N(c1cc([N+](=O)[O-])ccc1F)C2=O. The van der Waals surface area contributed by atoms with Crippen molar-refractivity contribution in [3.8, 4) is 0 Å². The maximum Gasteiger partial charge on any atom is 0.286 e. The summed E-state index contributed by atoms with van der Waals surface area (Å²) in [5.74, 6) is -2.65. The first-order valence-electron chi connectivity index (χ1n) is 6.49. The van der Waals surface area contributed by atoms with Crippen molar-refractivity contribution in [1.29, 1.82) is 0 Å². The van der Waals surface area contributed by atoms with Crippen molar-refractivity contribution in [1.82, 2.24) is 9.97 Å². The zero-order chi connectivity index (χ0) is 16.9. The van der Waals surface area contributed by atoms with Gasteiger partial charge in [0.25, 0.3) is 17.5 Å². The first kappa shape index (κ1) is 14.7. The standard InChI is InChI=1S/C14H9FN4O4/c1-6-7(2)17-12-11(16-6)13(20)18(14(12)21)10-5-8(19(22)23)3-4-9(10)15/h3-5H,1-2H3. The first-order valence-corrected chi connectivity index (χ1v) is 6.49. The van der Waals surface area contributed by atoms with Crippen LogP contribution in [0, 0.1) is 29.8 Å². The minimum absolute atomic E-state index is 0.191. The zero-order valence-corrected chi connectivity index (χ0v) is 12.0. The number of halogens is 1. The van der Waals surface area contributed by atoms with Crippen LogP contribution in [0.25, 0.3) is 0 Å². The van der Waals surface area contributed by atoms with Crippen molar-refractivity contribution in [2.75, 3.05) is 4.90 Å². The van der Waals surface area contributed by atoms with Crippen LogP contribution in [0.5, 0.6) is 0 Å². The van der Waals surface area contributed by atoms with E-state index in [0.717, 1.165) is 18.2 Å². The van der Waals surface area contributed by atoms with Crippen LogP contribution < -0.4 is 4.90 Å². The lowest BCUT2D eigenvalue weighted by Crippen LogP contribution is -2.30. The largest absolute Gasteiger partial charge is 0.286 e. The molecule has 0 N–H and O–H groups in total. The van der Waals surface area contributed by atoms with Crippen LogP contribution >= 0.6 is 0 Å². The van der Waals surface area contributed by atoms with Crippen molar-refractivity contribution in [3.05, 3.63) is 56.9 Å². The van der Waals surface area contributed by atoms with Gasteiger partial charge in [0.2, 0.25) is 0 Å². The molecule has 1 aromatic carbocycles. The maximum absolute atomic E-state index is 14.0. The maximum atomic E-state index is 14.0. The molecule has 2 heterocycles. The molecule has 3 rings (SSSR count). The van der Waals surface area contributed by atoms with Gasteiger partial charge in [0.1, 0.15) is 5.82 Å². The Kier molecular flexibility index (Phi) is 3.13. The smallest absolute Gasteiger partial charge is 0.266 e. The van der Waals surface area contributed by atoms with Gasteiger partial charge in [-0.25, -0.2) is 19.3 Å². The summed E-state index contributed by atoms with van der Waals surface area (Å²) in [5, 5.41) is 10.8. The average molecular weight is 316 g/mol. The van der Waals surface area contributed by atoms with Gasteiger partial charge < -0.3 is 0 Å². The van der Waals surface area contributed by atoms with Crippen LogP contribution in [0.1, 0.15) is 32.4 Å². The molecule has 0 aliphatic carbocycles. The number of benzene rings is 1. The lowest BCUT2D eigenvalue weighted by Gasteiger charge is -2.13. The van der Waals surface area contributed by atoms with Gasteiger partial charge in [-0.15, -0.1) is 0 Å². The van der Waals surface area contributed by atoms with E-state index in [0.29, 0.717) is 16.3 Å². The number of nitro groups is 1. The first-order chi connectivity index (χ1) is 10.8. The van der Waals surface area contributed by atoms with E-state index in [4.69, 9.17) is 0 Å². The number of hydrogen-bond donors (Lipinski definition) is 0. The lowest BCUT2D eigenvalue weighted by molar-refractivity contribution is -0.384. The van der Waals surface area contributed by atoms with Gasteiger partial charge in [0.15, 0.2) is 11.4 Å². The zero-order valence-electron chi connectivity index (χ0n) is 12.0. The summed E-state index contributed by atoms with van der Waals surface area (Å²) in [7, 11) is 0. The number of nitrogens with zero attached hydrogens (tertiary/aromatic N) is 4. The number of non-ortho nitro benzene ring substituents is 1. The lowest BCUT2D eigenvalue weighted by atomic mass is 10.2. The molecule has 2 amide bonds. The fourth-order valence-electron chi connectivity index (χ4n) is 2.21. The van der Waals surface area contributed by atoms with Crippen LogP contribution in [0.2, 0.25) is 0 Å². The van der Waals surface area contributed by atoms with Crippen molar-refractivity contribution in [2.45, 2.75) is 13.8 Å². The highest BCUT2D eigenvalue weighted by Gasteiger charge is 2.41. The predicted molar refractivity (Wildman–Crippen MR) is 75.7 cm³/mol. The minimum Gasteiger partial charge on any atom is -0.266 e. The van der Waals surface area contributed by atoms with Crippen molar-refractivity contribution in [3.63, 3.8) is 0 Å². The minimum atomic E-state index is -0.932. The summed E-state index contributed by atoms with van der Waals surface area (Å²) < 4.78 is 14.0. The molecule has 0 unspecified atom stereocenters. The van der Waals surface area contributed by atoms with Crippen LogP contribution in [0.15, 0.2) is 18.2 Å². The van der Waals surface area contributed by atoms with E-state index in [1.165, 1.54) is 0 Å². The predicted octanol–water partition coefficient (Wildman–Crippen LogP) is 1.94. The number of fused-ring (bicyclic) bond motifs is 1. The normalized spacial score (nSPS) is 13.4. The van der Waals surface area contributed by atoms with E-state index in [1.807, 2.05) is 0 Å². The van der Waals surface area contributed by atoms with E-state index in [9.17, 15) is 24.1 Å². The summed E-state index contributed by atoms with van der Waals surface area (Å²) in [6, 6.07) is 2.60. The summed E-state index contributed by atoms with van der Waals surface area (Å²) >= 11 is 0. The number of carbonyl (C=O) groups excluding carboxylic acids is 2. The van der Waals surface area contributed by atoms with Crippen LogP contribution in [-0.2, 0) is 0 Å². The highest BCUT2D eigenvalue weighted by molar-refractivity contribution is 6.33. The molecule has 0 spiro atoms. The van der Waals surface area contributed by atoms with Gasteiger partial charge in [0, 0.05) is 12.1 Å². The number of imide groups is 1. The molecule has 0 fully saturated rings. The van der Waals surface area contributed by atoms with Gasteiger partial charge in [-0.2, -0.15) is 0 Å². The molecule has 116 valence electrons. The molecule has 23 heavy (non-hydrogen) atoms. The highest BCUT2D eigenvalue weighted by atomic mass is 19.1. The molecule has 0 saturated carbocycles. The average Bonchev–Trinajstić information content (AvgIpc) is 2.72. The Hall–Kier alpha value is -3.23. The Labute approximate surface area is 128 Å². The molecule has 9 heteroatoms. The van der Waals surface area contributed by atoms with Crippen molar-refractivity contribution >= 4 is 23.2 Å². The summed E-state index contributed by atoms with van der Waals surface area (Å²) in [5.41, 5.74) is -0.388. The Morgan fingerprint density at radius 3 is 2.09 bits per heavy atom. The van der Waals surface area contributed by atoms with Gasteiger partial charge >= 0.3 is 0 Å². The molecule has 1 aliphatic heterocycles. The number of amides is 2. The topological polar surface area (TPSA) is 106 Å². The highest BCUT2D eigenvalue weighted by Crippen LogP contribution is 2.31. The molecule has 1 aromatic heterocycles. The second-order valence-electron chi connectivity index (χ2n) is 4.93. The molecular formula is C14H9FN4O4. The van der Waals surface area contributed by atoms with Crippen LogP contribution in [0.3, 0.4) is 0 Å². The second kappa shape index (κ2) is 4.90. The van der Waals surface area contributed by atoms with Crippen molar-refractivity contribution < 1.29 is 18.9 Å². The van der Waals surface area contributed by atoms with E-state index in [2.05, 4.69) is 9.97 Å². The number of aryl methyl sites for hydroxylation is 2. The fraction of sp³-hybridized carbons (Fsp3) is 0.143. The third-order valence-corrected chi connectivity index (χ3v) is 3.50. The van der Waals surface area contributed by atoms with E-state index >= 15 is 0 Å². The number of carbonyl (C=O) groups is 2. The molecule has 2 aromatic rings. The quantitative estimate of drug-likeness (QED) is 0.476. The molecule has 0 atom stereocenters. The number of nitro benzene ring substituents is 1. The van der Waals surface area contributed by atoms with Gasteiger partial charge in [-0.3, -0.25) is 19.7 Å². The second-order valence-corrected chi connectivity index (χ2v) is 4.93. The van der Waals surface area contributed by atoms with E-state index in [-0.39, 0.29) is 11.4 Å². The van der Waals surface area contributed by atoms with Gasteiger partial charge in [0.05, 0.1) is 22.0 Å². The molecule has 0 saturated heterocycles. The fourth-order valence-corrected chi connectivity index (χ4v) is 2.21. The molecule has 0 radical (unpaired) electrons. The Morgan fingerprint density at radius 2 is 1.61 bits per heavy atom. The number of rotatable bonds is 2. The third kappa shape index (κ3) is 2.13. The Morgan fingerprint density at radius 1 is 1.09 bits per heavy atom. The molecule has 0 bridgehead atoms. The number of hydrogen-bond acceptors (Lipinski definition) is 6. The number of anilines is 1. The molecular weight excluding hydrogens is 307 g/mol. The molecule has 1 aliphatic rings. The summed E-state index contributed by atoms with van der Waals surface area (Å²) in [4.78, 5) is 43.4. The summed E-state index contributed by atoms with van der Waals surface area (Å²) in [6.45, 7) is 3.24. The van der Waals surface area contributed by atoms with E-state index < -0.39 is 33.9 Å². The van der Waals surface area contributed by atoms with Gasteiger partial charge in [-0.1, -0.05) is 0 Å². The Bertz CT molecular complexity index is 856. The number of aromatic nitrogens is 2. The third-order valence-electron chi connectivity index (χ3n) is 3.50. The molecule has 8 nitrogen and oxygen atoms in total. The Balaban J connectivity index is 2.16. The van der Waals surface area contributed by atoms with Crippen LogP contribution in [0.4, 0.5) is 15.8 Å². The van der Waals surface area contributed by atoms with E-state index in [1.54, 1.807) is 13.8 Å². The summed E-state index contributed by atoms with van der Waals surface area (Å²) in [6.07, 6.45) is 0. The van der Waals surface area contributed by atoms with Crippen molar-refractivity contribution in [2.24, 2.45) is 0 Å². The van der Waals surface area contributed by atoms with Gasteiger partial charge in [-0.05, 0) is 19.9 Å².